The van der Waals surface area contributed by atoms with Crippen LogP contribution in [-0.2, 0) is 6.18 Å². The summed E-state index contributed by atoms with van der Waals surface area (Å²) in [6, 6.07) is 5.41. The summed E-state index contributed by atoms with van der Waals surface area (Å²) in [4.78, 5) is 27.0. The summed E-state index contributed by atoms with van der Waals surface area (Å²) >= 11 is 0. The van der Waals surface area contributed by atoms with Crippen molar-refractivity contribution in [3.63, 3.8) is 0 Å². The van der Waals surface area contributed by atoms with Crippen LogP contribution in [0.1, 0.15) is 35.7 Å². The topological polar surface area (TPSA) is 71.0 Å². The summed E-state index contributed by atoms with van der Waals surface area (Å²) < 4.78 is 67.2. The third-order valence-electron chi connectivity index (χ3n) is 6.07. The van der Waals surface area contributed by atoms with Gasteiger partial charge in [0.25, 0.3) is 5.91 Å². The number of likely N-dealkylation sites (tertiary alicyclic amines) is 1. The lowest BCUT2D eigenvalue weighted by molar-refractivity contribution is -0.137. The van der Waals surface area contributed by atoms with E-state index < -0.39 is 29.3 Å². The number of hydrogen-bond acceptors (Lipinski definition) is 5. The summed E-state index contributed by atoms with van der Waals surface area (Å²) in [5.74, 6) is -2.68. The average Bonchev–Trinajstić information content (AvgIpc) is 2.84. The molecule has 2 atom stereocenters. The zero-order valence-electron chi connectivity index (χ0n) is 18.7. The van der Waals surface area contributed by atoms with Crippen LogP contribution in [-0.4, -0.2) is 44.9 Å². The fourth-order valence-corrected chi connectivity index (χ4v) is 4.22. The van der Waals surface area contributed by atoms with Gasteiger partial charge in [-0.1, -0.05) is 6.92 Å². The minimum atomic E-state index is -4.49. The van der Waals surface area contributed by atoms with Crippen molar-refractivity contribution in [3.05, 3.63) is 71.7 Å². The van der Waals surface area contributed by atoms with E-state index in [1.165, 1.54) is 30.6 Å². The first-order valence-electron chi connectivity index (χ1n) is 11.0. The van der Waals surface area contributed by atoms with Gasteiger partial charge in [-0.15, -0.1) is 0 Å². The quantitative estimate of drug-likeness (QED) is 0.498. The Morgan fingerprint density at radius 2 is 1.86 bits per heavy atom. The Kier molecular flexibility index (Phi) is 6.95. The summed E-state index contributed by atoms with van der Waals surface area (Å²) in [5.41, 5.74) is -1.24. The first-order chi connectivity index (χ1) is 16.7. The molecule has 11 heteroatoms. The third kappa shape index (κ3) is 5.23. The molecule has 1 aromatic carbocycles. The number of alkyl halides is 3. The van der Waals surface area contributed by atoms with Crippen molar-refractivity contribution >= 4 is 11.7 Å². The van der Waals surface area contributed by atoms with Crippen LogP contribution in [0.2, 0.25) is 0 Å². The summed E-state index contributed by atoms with van der Waals surface area (Å²) in [6.45, 7) is 2.55. The minimum Gasteiger partial charge on any atom is -0.368 e. The summed E-state index contributed by atoms with van der Waals surface area (Å²) in [5, 5.41) is 3.00. The molecule has 1 amide bonds. The number of carbonyl (C=O) groups excluding carboxylic acids is 1. The average molecular weight is 491 g/mol. The van der Waals surface area contributed by atoms with Gasteiger partial charge in [0.2, 0.25) is 0 Å². The van der Waals surface area contributed by atoms with Gasteiger partial charge in [0.15, 0.2) is 17.5 Å². The van der Waals surface area contributed by atoms with Gasteiger partial charge in [0.05, 0.1) is 22.7 Å². The number of halogens is 5. The van der Waals surface area contributed by atoms with Gasteiger partial charge in [-0.2, -0.15) is 13.2 Å². The predicted molar refractivity (Wildman–Crippen MR) is 118 cm³/mol. The number of nitrogens with one attached hydrogen (secondary N) is 1. The number of hydrogen-bond donors (Lipinski definition) is 1. The molecule has 1 saturated heterocycles. The first-order valence-corrected chi connectivity index (χ1v) is 11.0. The van der Waals surface area contributed by atoms with Crippen molar-refractivity contribution in [2.75, 3.05) is 18.4 Å². The van der Waals surface area contributed by atoms with E-state index in [1.54, 1.807) is 4.90 Å². The molecule has 1 N–H and O–H groups in total. The molecule has 0 aliphatic carbocycles. The second-order valence-corrected chi connectivity index (χ2v) is 8.35. The van der Waals surface area contributed by atoms with E-state index in [0.717, 1.165) is 24.8 Å². The molecule has 1 aliphatic rings. The molecular formula is C24H22F5N5O. The number of amides is 1. The van der Waals surface area contributed by atoms with Crippen LogP contribution in [0.5, 0.6) is 0 Å². The molecule has 0 spiro atoms. The van der Waals surface area contributed by atoms with Gasteiger partial charge in [0, 0.05) is 31.7 Å². The molecule has 4 rings (SSSR count). The lowest BCUT2D eigenvalue weighted by Crippen LogP contribution is -2.51. The third-order valence-corrected chi connectivity index (χ3v) is 6.07. The fraction of sp³-hybridized carbons (Fsp3) is 0.333. The number of nitrogens with zero attached hydrogens (tertiary/aromatic N) is 4. The maximum atomic E-state index is 14.8. The van der Waals surface area contributed by atoms with E-state index in [-0.39, 0.29) is 41.3 Å². The predicted octanol–water partition coefficient (Wildman–Crippen LogP) is 5.19. The molecule has 3 aromatic rings. The molecule has 2 aromatic heterocycles. The standard InChI is InChI=1S/C24H22F5N5O/c1-14-4-2-11-34(18(14)13-33-19-8-5-15(12-32-19)24(27,28)29)23(35)16-6-7-17(25)21(26)20(16)22-30-9-3-10-31-22/h3,5-10,12,14,18H,2,4,11,13H2,1H3,(H,32,33). The number of aromatic nitrogens is 3. The number of rotatable bonds is 5. The van der Waals surface area contributed by atoms with Crippen LogP contribution in [0.15, 0.2) is 48.9 Å². The molecule has 1 aliphatic heterocycles. The zero-order chi connectivity index (χ0) is 25.2. The monoisotopic (exact) mass is 491 g/mol. The molecule has 184 valence electrons. The summed E-state index contributed by atoms with van der Waals surface area (Å²) in [7, 11) is 0. The molecule has 6 nitrogen and oxygen atoms in total. The van der Waals surface area contributed by atoms with Crippen molar-refractivity contribution in [1.29, 1.82) is 0 Å². The van der Waals surface area contributed by atoms with Gasteiger partial charge in [-0.3, -0.25) is 4.79 Å². The van der Waals surface area contributed by atoms with Crippen molar-refractivity contribution in [1.82, 2.24) is 19.9 Å². The number of piperidine rings is 1. The Balaban J connectivity index is 1.60. The van der Waals surface area contributed by atoms with Crippen molar-refractivity contribution < 1.29 is 26.7 Å². The van der Waals surface area contributed by atoms with E-state index >= 15 is 0 Å². The van der Waals surface area contributed by atoms with Crippen molar-refractivity contribution in [2.24, 2.45) is 5.92 Å². The maximum absolute atomic E-state index is 14.8. The Morgan fingerprint density at radius 3 is 2.51 bits per heavy atom. The first kappa shape index (κ1) is 24.5. The number of carbonyl (C=O) groups is 1. The Morgan fingerprint density at radius 1 is 1.11 bits per heavy atom. The second-order valence-electron chi connectivity index (χ2n) is 8.35. The van der Waals surface area contributed by atoms with E-state index in [2.05, 4.69) is 20.3 Å². The smallest absolute Gasteiger partial charge is 0.368 e. The lowest BCUT2D eigenvalue weighted by atomic mass is 9.89. The Labute approximate surface area is 198 Å². The number of anilines is 1. The van der Waals surface area contributed by atoms with Crippen molar-refractivity contribution in [3.8, 4) is 11.4 Å². The molecule has 35 heavy (non-hydrogen) atoms. The van der Waals surface area contributed by atoms with Crippen molar-refractivity contribution in [2.45, 2.75) is 32.0 Å². The summed E-state index contributed by atoms with van der Waals surface area (Å²) in [6.07, 6.45) is 0.521. The van der Waals surface area contributed by atoms with Crippen LogP contribution in [0, 0.1) is 17.6 Å². The molecule has 1 fully saturated rings. The number of pyridine rings is 1. The van der Waals surface area contributed by atoms with Gasteiger partial charge in [0.1, 0.15) is 5.82 Å². The molecule has 3 heterocycles. The van der Waals surface area contributed by atoms with Crippen LogP contribution in [0.3, 0.4) is 0 Å². The van der Waals surface area contributed by atoms with Crippen LogP contribution < -0.4 is 5.32 Å². The Bertz CT molecular complexity index is 1190. The Hall–Kier alpha value is -3.63. The fourth-order valence-electron chi connectivity index (χ4n) is 4.22. The van der Waals surface area contributed by atoms with Gasteiger partial charge >= 0.3 is 6.18 Å². The lowest BCUT2D eigenvalue weighted by Gasteiger charge is -2.40. The molecule has 0 radical (unpaired) electrons. The molecular weight excluding hydrogens is 469 g/mol. The maximum Gasteiger partial charge on any atom is 0.417 e. The van der Waals surface area contributed by atoms with Crippen LogP contribution in [0.4, 0.5) is 27.8 Å². The number of benzene rings is 1. The second kappa shape index (κ2) is 9.93. The van der Waals surface area contributed by atoms with Gasteiger partial charge in [-0.05, 0) is 49.1 Å². The van der Waals surface area contributed by atoms with E-state index in [0.29, 0.717) is 13.0 Å². The highest BCUT2D eigenvalue weighted by Crippen LogP contribution is 2.31. The molecule has 0 bridgehead atoms. The molecule has 0 saturated carbocycles. The SMILES string of the molecule is CC1CCCN(C(=O)c2ccc(F)c(F)c2-c2ncccn2)C1CNc1ccc(C(F)(F)F)cn1. The highest BCUT2D eigenvalue weighted by Gasteiger charge is 2.35. The highest BCUT2D eigenvalue weighted by molar-refractivity contribution is 6.00. The van der Waals surface area contributed by atoms with E-state index in [9.17, 15) is 26.7 Å². The minimum absolute atomic E-state index is 0.0383. The normalized spacial score (nSPS) is 18.4. The zero-order valence-corrected chi connectivity index (χ0v) is 18.7. The van der Waals surface area contributed by atoms with Gasteiger partial charge < -0.3 is 10.2 Å². The van der Waals surface area contributed by atoms with E-state index in [4.69, 9.17) is 0 Å². The van der Waals surface area contributed by atoms with E-state index in [1.807, 2.05) is 6.92 Å². The van der Waals surface area contributed by atoms with Crippen LogP contribution >= 0.6 is 0 Å². The van der Waals surface area contributed by atoms with Crippen LogP contribution in [0.25, 0.3) is 11.4 Å². The highest BCUT2D eigenvalue weighted by atomic mass is 19.4. The molecule has 2 unspecified atom stereocenters. The van der Waals surface area contributed by atoms with Gasteiger partial charge in [-0.25, -0.2) is 23.7 Å². The largest absolute Gasteiger partial charge is 0.417 e.